The topological polar surface area (TPSA) is 91.3 Å². The second kappa shape index (κ2) is 12.8. The summed E-state index contributed by atoms with van der Waals surface area (Å²) >= 11 is 6.94. The molecule has 1 aliphatic carbocycles. The molecular formula is C35H37BClFN8. The van der Waals surface area contributed by atoms with Crippen LogP contribution in [0.5, 0.6) is 0 Å². The normalized spacial score (nSPS) is 18.5. The fourth-order valence-corrected chi connectivity index (χ4v) is 6.84. The molecule has 0 radical (unpaired) electrons. The zero-order valence-electron chi connectivity index (χ0n) is 25.9. The van der Waals surface area contributed by atoms with E-state index in [0.29, 0.717) is 27.8 Å². The van der Waals surface area contributed by atoms with Crippen LogP contribution >= 0.6 is 11.6 Å². The van der Waals surface area contributed by atoms with Gasteiger partial charge in [-0.1, -0.05) is 54.1 Å². The van der Waals surface area contributed by atoms with Crippen LogP contribution in [0.3, 0.4) is 0 Å². The Morgan fingerprint density at radius 1 is 1.11 bits per heavy atom. The Morgan fingerprint density at radius 2 is 1.87 bits per heavy atom. The summed E-state index contributed by atoms with van der Waals surface area (Å²) in [6.45, 7) is 3.22. The molecular weight excluding hydrogens is 598 g/mol. The lowest BCUT2D eigenvalue weighted by Crippen LogP contribution is -2.45. The monoisotopic (exact) mass is 634 g/mol. The lowest BCUT2D eigenvalue weighted by atomic mass is 9.69. The Labute approximate surface area is 275 Å². The van der Waals surface area contributed by atoms with Crippen molar-refractivity contribution in [2.45, 2.75) is 49.6 Å². The zero-order valence-corrected chi connectivity index (χ0v) is 26.6. The van der Waals surface area contributed by atoms with Crippen molar-refractivity contribution < 1.29 is 4.39 Å². The van der Waals surface area contributed by atoms with Crippen molar-refractivity contribution in [2.24, 2.45) is 0 Å². The minimum atomic E-state index is -0.780. The number of aromatic nitrogens is 1. The predicted molar refractivity (Wildman–Crippen MR) is 184 cm³/mol. The number of likely N-dealkylation sites (tertiary alicyclic amines) is 1. The molecule has 3 heterocycles. The Morgan fingerprint density at radius 3 is 2.59 bits per heavy atom. The predicted octanol–water partition coefficient (Wildman–Crippen LogP) is 5.76. The quantitative estimate of drug-likeness (QED) is 0.155. The maximum Gasteiger partial charge on any atom is 0.148 e. The van der Waals surface area contributed by atoms with Crippen LogP contribution in [0.4, 0.5) is 15.8 Å². The van der Waals surface area contributed by atoms with Crippen molar-refractivity contribution in [3.8, 4) is 6.07 Å². The number of rotatable bonds is 11. The minimum absolute atomic E-state index is 0.0216. The summed E-state index contributed by atoms with van der Waals surface area (Å²) in [5.41, 5.74) is 11.3. The number of anilines is 2. The highest BCUT2D eigenvalue weighted by molar-refractivity contribution is 6.36. The van der Waals surface area contributed by atoms with E-state index in [1.165, 1.54) is 25.0 Å². The molecule has 0 unspecified atom stereocenters. The van der Waals surface area contributed by atoms with Crippen molar-refractivity contribution >= 4 is 41.7 Å². The van der Waals surface area contributed by atoms with Crippen LogP contribution in [0.1, 0.15) is 54.8 Å². The van der Waals surface area contributed by atoms with E-state index in [2.05, 4.69) is 80.9 Å². The SMILES string of the molecule is B[C@@](Nc1cc(Cl)c2ncc(C#N)c(N[C@H](CCN3CCCC3)c3ccccc3)c2c1)(C1=CN(C2CC2)NN1)c1ccc(F)cc1. The van der Waals surface area contributed by atoms with Crippen LogP contribution in [0.15, 0.2) is 84.8 Å². The van der Waals surface area contributed by atoms with Gasteiger partial charge in [0.1, 0.15) is 19.7 Å². The third-order valence-corrected chi connectivity index (χ3v) is 9.67. The highest BCUT2D eigenvalue weighted by atomic mass is 35.5. The number of hydrazine groups is 2. The zero-order chi connectivity index (χ0) is 31.7. The summed E-state index contributed by atoms with van der Waals surface area (Å²) in [6.07, 6.45) is 9.30. The van der Waals surface area contributed by atoms with Crippen LogP contribution in [0, 0.1) is 17.1 Å². The maximum atomic E-state index is 14.0. The third kappa shape index (κ3) is 6.23. The average Bonchev–Trinajstić information content (AvgIpc) is 3.54. The molecule has 3 aromatic carbocycles. The Balaban J connectivity index is 1.28. The molecule has 2 atom stereocenters. The smallest absolute Gasteiger partial charge is 0.148 e. The van der Waals surface area contributed by atoms with Gasteiger partial charge in [-0.15, -0.1) is 5.53 Å². The number of benzene rings is 3. The van der Waals surface area contributed by atoms with Crippen molar-refractivity contribution in [3.63, 3.8) is 0 Å². The van der Waals surface area contributed by atoms with E-state index in [1.54, 1.807) is 18.3 Å². The van der Waals surface area contributed by atoms with E-state index >= 15 is 0 Å². The van der Waals surface area contributed by atoms with Gasteiger partial charge in [0.05, 0.1) is 39.0 Å². The van der Waals surface area contributed by atoms with Gasteiger partial charge >= 0.3 is 0 Å². The molecule has 1 saturated carbocycles. The molecule has 3 aliphatic rings. The summed E-state index contributed by atoms with van der Waals surface area (Å²) < 4.78 is 14.0. The van der Waals surface area contributed by atoms with Crippen LogP contribution in [0.2, 0.25) is 5.02 Å². The minimum Gasteiger partial charge on any atom is -0.378 e. The molecule has 7 rings (SSSR count). The fourth-order valence-electron chi connectivity index (χ4n) is 6.57. The van der Waals surface area contributed by atoms with Crippen molar-refractivity contribution in [2.75, 3.05) is 30.3 Å². The molecule has 4 aromatic rings. The van der Waals surface area contributed by atoms with E-state index < -0.39 is 5.44 Å². The van der Waals surface area contributed by atoms with Gasteiger partial charge in [0.25, 0.3) is 0 Å². The van der Waals surface area contributed by atoms with Gasteiger partial charge in [0, 0.05) is 36.1 Å². The van der Waals surface area contributed by atoms with Crippen LogP contribution in [-0.2, 0) is 5.44 Å². The molecule has 11 heteroatoms. The second-order valence-corrected chi connectivity index (χ2v) is 13.0. The summed E-state index contributed by atoms with van der Waals surface area (Å²) in [5, 5.41) is 21.0. The van der Waals surface area contributed by atoms with Crippen LogP contribution in [-0.4, -0.2) is 48.4 Å². The summed E-state index contributed by atoms with van der Waals surface area (Å²) in [6, 6.07) is 23.6. The van der Waals surface area contributed by atoms with E-state index in [9.17, 15) is 9.65 Å². The Bertz CT molecular complexity index is 1790. The average molecular weight is 635 g/mol. The van der Waals surface area contributed by atoms with Gasteiger partial charge in [0.15, 0.2) is 0 Å². The first kappa shape index (κ1) is 30.4. The molecule has 2 fully saturated rings. The number of halogens is 2. The molecule has 0 bridgehead atoms. The maximum absolute atomic E-state index is 14.0. The largest absolute Gasteiger partial charge is 0.378 e. The van der Waals surface area contributed by atoms with Crippen LogP contribution in [0.25, 0.3) is 10.9 Å². The molecule has 0 spiro atoms. The van der Waals surface area contributed by atoms with Gasteiger partial charge in [-0.05, 0) is 80.6 Å². The molecule has 2 aliphatic heterocycles. The van der Waals surface area contributed by atoms with Crippen molar-refractivity contribution in [3.05, 3.63) is 112 Å². The molecule has 1 aromatic heterocycles. The lowest BCUT2D eigenvalue weighted by molar-refractivity contribution is 0.260. The number of hydrogen-bond acceptors (Lipinski definition) is 8. The molecule has 234 valence electrons. The number of nitrogens with zero attached hydrogens (tertiary/aromatic N) is 4. The van der Waals surface area contributed by atoms with E-state index in [1.807, 2.05) is 18.2 Å². The first-order chi connectivity index (χ1) is 22.4. The molecule has 8 nitrogen and oxygen atoms in total. The highest BCUT2D eigenvalue weighted by Crippen LogP contribution is 2.39. The standard InChI is InChI=1S/C35H37BClFN8/c36-35(25-8-10-26(38)11-9-25,32-22-46(44-43-32)28-12-13-28)42-27-18-29-33(24(20-39)21-40-34(29)30(37)19-27)41-31(23-6-2-1-3-7-23)14-17-45-15-4-5-16-45/h1-3,6-11,18-19,21-22,28,31,42-44H,4-5,12-17,36H2,(H,40,41)/t31-,35+/m1/s1. The molecule has 1 saturated heterocycles. The molecule has 46 heavy (non-hydrogen) atoms. The van der Waals surface area contributed by atoms with Gasteiger partial charge in [0.2, 0.25) is 0 Å². The number of nitrogens with one attached hydrogen (secondary N) is 4. The first-order valence-electron chi connectivity index (χ1n) is 16.0. The van der Waals surface area contributed by atoms with Gasteiger partial charge < -0.3 is 21.0 Å². The Kier molecular flexibility index (Phi) is 8.47. The van der Waals surface area contributed by atoms with Crippen molar-refractivity contribution in [1.29, 1.82) is 5.26 Å². The number of nitriles is 1. The first-order valence-corrected chi connectivity index (χ1v) is 16.4. The number of fused-ring (bicyclic) bond motifs is 1. The summed E-state index contributed by atoms with van der Waals surface area (Å²) in [4.78, 5) is 7.12. The summed E-state index contributed by atoms with van der Waals surface area (Å²) in [7, 11) is 2.06. The van der Waals surface area contributed by atoms with E-state index in [0.717, 1.165) is 66.8 Å². The van der Waals surface area contributed by atoms with Gasteiger partial charge in [-0.3, -0.25) is 9.99 Å². The summed E-state index contributed by atoms with van der Waals surface area (Å²) in [5.74, 6) is -0.297. The molecule has 0 amide bonds. The molecule has 4 N–H and O–H groups in total. The van der Waals surface area contributed by atoms with Gasteiger partial charge in [-0.2, -0.15) is 5.26 Å². The third-order valence-electron chi connectivity index (χ3n) is 9.38. The van der Waals surface area contributed by atoms with E-state index in [4.69, 9.17) is 11.6 Å². The number of hydrogen-bond donors (Lipinski definition) is 4. The van der Waals surface area contributed by atoms with E-state index in [-0.39, 0.29) is 11.9 Å². The van der Waals surface area contributed by atoms with Crippen LogP contribution < -0.4 is 21.6 Å². The Hall–Kier alpha value is -4.30. The van der Waals surface area contributed by atoms with Crippen molar-refractivity contribution in [1.82, 2.24) is 25.9 Å². The fraction of sp³-hybridized carbons (Fsp3) is 0.314. The lowest BCUT2D eigenvalue weighted by Gasteiger charge is -2.34. The number of pyridine rings is 1. The van der Waals surface area contributed by atoms with Gasteiger partial charge in [-0.25, -0.2) is 4.39 Å². The second-order valence-electron chi connectivity index (χ2n) is 12.6. The highest BCUT2D eigenvalue weighted by Gasteiger charge is 2.38.